The summed E-state index contributed by atoms with van der Waals surface area (Å²) < 4.78 is 65.4. The van der Waals surface area contributed by atoms with Crippen LogP contribution in [-0.2, 0) is 13.2 Å². The summed E-state index contributed by atoms with van der Waals surface area (Å²) in [7, 11) is 0.918. The van der Waals surface area contributed by atoms with Crippen molar-refractivity contribution >= 4 is 15.9 Å². The SMILES string of the molecule is Cn1c(C(F)(F)F)ccc(-c2cc(F)c(Br)cc2F)c1=O. The summed E-state index contributed by atoms with van der Waals surface area (Å²) in [5.41, 5.74) is -2.99. The van der Waals surface area contributed by atoms with Crippen LogP contribution in [0.15, 0.2) is 33.5 Å². The van der Waals surface area contributed by atoms with E-state index in [1.165, 1.54) is 0 Å². The Morgan fingerprint density at radius 2 is 1.67 bits per heavy atom. The molecule has 0 amide bonds. The third-order valence-corrected chi connectivity index (χ3v) is 3.50. The smallest absolute Gasteiger partial charge is 0.307 e. The molecule has 0 unspecified atom stereocenters. The maximum absolute atomic E-state index is 13.8. The van der Waals surface area contributed by atoms with Gasteiger partial charge in [-0.25, -0.2) is 8.78 Å². The average molecular weight is 368 g/mol. The normalized spacial score (nSPS) is 11.8. The molecule has 112 valence electrons. The predicted octanol–water partition coefficient (Wildman–Crippen LogP) is 4.11. The molecule has 0 saturated carbocycles. The summed E-state index contributed by atoms with van der Waals surface area (Å²) in [6, 6.07) is 3.04. The van der Waals surface area contributed by atoms with Crippen molar-refractivity contribution in [3.8, 4) is 11.1 Å². The molecule has 1 aromatic carbocycles. The number of nitrogens with zero attached hydrogens (tertiary/aromatic N) is 1. The van der Waals surface area contributed by atoms with Gasteiger partial charge in [-0.15, -0.1) is 0 Å². The molecule has 0 aliphatic rings. The van der Waals surface area contributed by atoms with Gasteiger partial charge >= 0.3 is 6.18 Å². The Kier molecular flexibility index (Phi) is 3.92. The van der Waals surface area contributed by atoms with Gasteiger partial charge in [0, 0.05) is 12.6 Å². The van der Waals surface area contributed by atoms with Crippen molar-refractivity contribution in [1.82, 2.24) is 4.57 Å². The minimum Gasteiger partial charge on any atom is -0.307 e. The second-order valence-electron chi connectivity index (χ2n) is 4.24. The van der Waals surface area contributed by atoms with E-state index in [0.29, 0.717) is 10.6 Å². The fraction of sp³-hybridized carbons (Fsp3) is 0.154. The minimum absolute atomic E-state index is 0.146. The molecule has 1 aromatic heterocycles. The van der Waals surface area contributed by atoms with E-state index in [9.17, 15) is 26.7 Å². The topological polar surface area (TPSA) is 22.0 Å². The van der Waals surface area contributed by atoms with Gasteiger partial charge < -0.3 is 4.57 Å². The number of rotatable bonds is 1. The Bertz CT molecular complexity index is 766. The number of aromatic nitrogens is 1. The maximum atomic E-state index is 13.8. The number of pyridine rings is 1. The lowest BCUT2D eigenvalue weighted by atomic mass is 10.1. The molecular formula is C13H7BrF5NO. The highest BCUT2D eigenvalue weighted by Gasteiger charge is 2.34. The summed E-state index contributed by atoms with van der Waals surface area (Å²) in [5, 5.41) is 0. The Balaban J connectivity index is 2.71. The molecule has 0 spiro atoms. The lowest BCUT2D eigenvalue weighted by molar-refractivity contribution is -0.143. The second-order valence-corrected chi connectivity index (χ2v) is 5.09. The van der Waals surface area contributed by atoms with Crippen molar-refractivity contribution in [2.75, 3.05) is 0 Å². The number of hydrogen-bond acceptors (Lipinski definition) is 1. The zero-order valence-electron chi connectivity index (χ0n) is 10.4. The monoisotopic (exact) mass is 367 g/mol. The van der Waals surface area contributed by atoms with Crippen molar-refractivity contribution < 1.29 is 22.0 Å². The quantitative estimate of drug-likeness (QED) is 0.549. The Hall–Kier alpha value is -1.70. The highest BCUT2D eigenvalue weighted by molar-refractivity contribution is 9.10. The van der Waals surface area contributed by atoms with Gasteiger partial charge in [0.05, 0.1) is 10.0 Å². The first-order valence-electron chi connectivity index (χ1n) is 5.55. The van der Waals surface area contributed by atoms with E-state index in [2.05, 4.69) is 15.9 Å². The molecule has 0 fully saturated rings. The van der Waals surface area contributed by atoms with Crippen LogP contribution in [-0.4, -0.2) is 4.57 Å². The Labute approximate surface area is 124 Å². The van der Waals surface area contributed by atoms with Crippen LogP contribution in [0.4, 0.5) is 22.0 Å². The van der Waals surface area contributed by atoms with Crippen LogP contribution in [0.25, 0.3) is 11.1 Å². The lowest BCUT2D eigenvalue weighted by Crippen LogP contribution is -2.26. The Morgan fingerprint density at radius 3 is 2.24 bits per heavy atom. The molecular weight excluding hydrogens is 361 g/mol. The maximum Gasteiger partial charge on any atom is 0.431 e. The van der Waals surface area contributed by atoms with Crippen LogP contribution in [0.2, 0.25) is 0 Å². The first-order valence-corrected chi connectivity index (χ1v) is 6.34. The molecule has 0 bridgehead atoms. The molecule has 0 atom stereocenters. The number of alkyl halides is 3. The number of hydrogen-bond donors (Lipinski definition) is 0. The fourth-order valence-electron chi connectivity index (χ4n) is 1.85. The van der Waals surface area contributed by atoms with Gasteiger partial charge in [-0.2, -0.15) is 13.2 Å². The Morgan fingerprint density at radius 1 is 1.05 bits per heavy atom. The van der Waals surface area contributed by atoms with E-state index in [0.717, 1.165) is 25.2 Å². The van der Waals surface area contributed by atoms with Crippen molar-refractivity contribution in [1.29, 1.82) is 0 Å². The largest absolute Gasteiger partial charge is 0.431 e. The minimum atomic E-state index is -4.71. The average Bonchev–Trinajstić information content (AvgIpc) is 2.36. The zero-order chi connectivity index (χ0) is 15.9. The van der Waals surface area contributed by atoms with Gasteiger partial charge in [-0.3, -0.25) is 4.79 Å². The van der Waals surface area contributed by atoms with Crippen LogP contribution in [0.1, 0.15) is 5.69 Å². The molecule has 1 heterocycles. The summed E-state index contributed by atoms with van der Waals surface area (Å²) in [5.74, 6) is -1.74. The van der Waals surface area contributed by atoms with Crippen molar-refractivity contribution in [3.63, 3.8) is 0 Å². The van der Waals surface area contributed by atoms with Gasteiger partial charge in [0.2, 0.25) is 0 Å². The van der Waals surface area contributed by atoms with Crippen LogP contribution < -0.4 is 5.56 Å². The highest BCUT2D eigenvalue weighted by atomic mass is 79.9. The summed E-state index contributed by atoms with van der Waals surface area (Å²) in [6.45, 7) is 0. The van der Waals surface area contributed by atoms with Crippen LogP contribution in [0.3, 0.4) is 0 Å². The number of benzene rings is 1. The van der Waals surface area contributed by atoms with E-state index >= 15 is 0 Å². The first-order chi connectivity index (χ1) is 9.62. The summed E-state index contributed by atoms with van der Waals surface area (Å²) in [6.07, 6.45) is -4.71. The molecule has 0 aliphatic heterocycles. The number of halogens is 6. The predicted molar refractivity (Wildman–Crippen MR) is 69.7 cm³/mol. The highest BCUT2D eigenvalue weighted by Crippen LogP contribution is 2.30. The zero-order valence-corrected chi connectivity index (χ0v) is 12.0. The molecule has 0 N–H and O–H groups in total. The molecule has 0 radical (unpaired) electrons. The summed E-state index contributed by atoms with van der Waals surface area (Å²) >= 11 is 2.78. The summed E-state index contributed by atoms with van der Waals surface area (Å²) in [4.78, 5) is 11.9. The first kappa shape index (κ1) is 15.7. The van der Waals surface area contributed by atoms with Crippen molar-refractivity contribution in [2.45, 2.75) is 6.18 Å². The van der Waals surface area contributed by atoms with E-state index in [1.807, 2.05) is 0 Å². The van der Waals surface area contributed by atoms with Crippen LogP contribution in [0.5, 0.6) is 0 Å². The van der Waals surface area contributed by atoms with Gasteiger partial charge in [-0.1, -0.05) is 0 Å². The van der Waals surface area contributed by atoms with Crippen LogP contribution in [0, 0.1) is 11.6 Å². The molecule has 0 saturated heterocycles. The van der Waals surface area contributed by atoms with Gasteiger partial charge in [0.15, 0.2) is 0 Å². The van der Waals surface area contributed by atoms with E-state index < -0.39 is 34.6 Å². The van der Waals surface area contributed by atoms with Crippen molar-refractivity contribution in [2.24, 2.45) is 7.05 Å². The lowest BCUT2D eigenvalue weighted by Gasteiger charge is -2.13. The van der Waals surface area contributed by atoms with E-state index in [1.54, 1.807) is 0 Å². The van der Waals surface area contributed by atoms with Gasteiger partial charge in [0.1, 0.15) is 17.3 Å². The van der Waals surface area contributed by atoms with E-state index in [4.69, 9.17) is 0 Å². The van der Waals surface area contributed by atoms with Crippen molar-refractivity contribution in [3.05, 3.63) is 56.4 Å². The standard InChI is InChI=1S/C13H7BrF5NO/c1-20-11(13(17,18)19)3-2-6(12(20)21)7-4-10(16)8(14)5-9(7)15/h2-5H,1H3. The fourth-order valence-corrected chi connectivity index (χ4v) is 2.17. The molecule has 0 aliphatic carbocycles. The molecule has 21 heavy (non-hydrogen) atoms. The molecule has 2 aromatic rings. The van der Waals surface area contributed by atoms with Gasteiger partial charge in [-0.05, 0) is 40.2 Å². The molecule has 2 nitrogen and oxygen atoms in total. The molecule has 8 heteroatoms. The third-order valence-electron chi connectivity index (χ3n) is 2.89. The van der Waals surface area contributed by atoms with Gasteiger partial charge in [0.25, 0.3) is 5.56 Å². The molecule has 2 rings (SSSR count). The van der Waals surface area contributed by atoms with E-state index in [-0.39, 0.29) is 10.0 Å². The second kappa shape index (κ2) is 5.25. The van der Waals surface area contributed by atoms with Crippen LogP contribution >= 0.6 is 15.9 Å². The third kappa shape index (κ3) is 2.85.